The van der Waals surface area contributed by atoms with E-state index in [4.69, 9.17) is 5.90 Å². The van der Waals surface area contributed by atoms with Gasteiger partial charge in [-0.05, 0) is 36.0 Å². The van der Waals surface area contributed by atoms with E-state index < -0.39 is 0 Å². The van der Waals surface area contributed by atoms with Gasteiger partial charge in [-0.1, -0.05) is 41.9 Å². The number of benzene rings is 1. The summed E-state index contributed by atoms with van der Waals surface area (Å²) in [5.41, 5.74) is 2.62. The van der Waals surface area contributed by atoms with Crippen molar-refractivity contribution in [2.24, 2.45) is 5.90 Å². The minimum Gasteiger partial charge on any atom is -0.304 e. The predicted molar refractivity (Wildman–Crippen MR) is 66.7 cm³/mol. The third-order valence-corrected chi connectivity index (χ3v) is 3.40. The van der Waals surface area contributed by atoms with E-state index in [1.54, 1.807) is 0 Å². The SMILES string of the molecule is CCC(C)c1ccc(CCON)cc1Br. The van der Waals surface area contributed by atoms with Crippen molar-refractivity contribution < 1.29 is 4.84 Å². The van der Waals surface area contributed by atoms with Crippen LogP contribution in [-0.4, -0.2) is 6.61 Å². The highest BCUT2D eigenvalue weighted by Gasteiger charge is 2.07. The zero-order valence-electron chi connectivity index (χ0n) is 9.29. The third kappa shape index (κ3) is 3.59. The molecule has 1 aromatic rings. The van der Waals surface area contributed by atoms with Crippen LogP contribution in [0.3, 0.4) is 0 Å². The van der Waals surface area contributed by atoms with Crippen LogP contribution in [0.2, 0.25) is 0 Å². The van der Waals surface area contributed by atoms with Crippen LogP contribution in [0.25, 0.3) is 0 Å². The summed E-state index contributed by atoms with van der Waals surface area (Å²) in [5.74, 6) is 5.60. The molecule has 0 spiro atoms. The van der Waals surface area contributed by atoms with Gasteiger partial charge in [0.2, 0.25) is 0 Å². The standard InChI is InChI=1S/C12H18BrNO/c1-3-9(2)11-5-4-10(6-7-15-14)8-12(11)13/h4-5,8-9H,3,6-7,14H2,1-2H3. The Morgan fingerprint density at radius 1 is 1.47 bits per heavy atom. The van der Waals surface area contributed by atoms with E-state index in [0.29, 0.717) is 12.5 Å². The fourth-order valence-corrected chi connectivity index (χ4v) is 2.34. The van der Waals surface area contributed by atoms with Crippen LogP contribution in [0.1, 0.15) is 37.3 Å². The van der Waals surface area contributed by atoms with E-state index in [9.17, 15) is 0 Å². The van der Waals surface area contributed by atoms with Crippen molar-refractivity contribution in [3.05, 3.63) is 33.8 Å². The lowest BCUT2D eigenvalue weighted by molar-refractivity contribution is 0.141. The smallest absolute Gasteiger partial charge is 0.0719 e. The lowest BCUT2D eigenvalue weighted by Crippen LogP contribution is -2.04. The van der Waals surface area contributed by atoms with Gasteiger partial charge >= 0.3 is 0 Å². The molecule has 0 saturated carbocycles. The average Bonchev–Trinajstić information content (AvgIpc) is 2.25. The van der Waals surface area contributed by atoms with Crippen molar-refractivity contribution in [3.63, 3.8) is 0 Å². The molecule has 1 atom stereocenters. The van der Waals surface area contributed by atoms with Gasteiger partial charge in [0.25, 0.3) is 0 Å². The van der Waals surface area contributed by atoms with E-state index >= 15 is 0 Å². The molecule has 15 heavy (non-hydrogen) atoms. The minimum atomic E-state index is 0.565. The fourth-order valence-electron chi connectivity index (χ4n) is 1.52. The van der Waals surface area contributed by atoms with E-state index in [0.717, 1.165) is 12.8 Å². The van der Waals surface area contributed by atoms with Crippen LogP contribution < -0.4 is 5.90 Å². The largest absolute Gasteiger partial charge is 0.304 e. The quantitative estimate of drug-likeness (QED) is 0.834. The number of halogens is 1. The summed E-state index contributed by atoms with van der Waals surface area (Å²) in [5, 5.41) is 0. The molecule has 0 aliphatic carbocycles. The van der Waals surface area contributed by atoms with Crippen LogP contribution in [-0.2, 0) is 11.3 Å². The molecule has 0 fully saturated rings. The number of hydrogen-bond acceptors (Lipinski definition) is 2. The molecular weight excluding hydrogens is 254 g/mol. The molecule has 84 valence electrons. The van der Waals surface area contributed by atoms with Gasteiger partial charge in [0.15, 0.2) is 0 Å². The second kappa shape index (κ2) is 6.26. The fraction of sp³-hybridized carbons (Fsp3) is 0.500. The summed E-state index contributed by atoms with van der Waals surface area (Å²) in [6.07, 6.45) is 2.01. The summed E-state index contributed by atoms with van der Waals surface area (Å²) < 4.78 is 1.19. The Morgan fingerprint density at radius 3 is 2.73 bits per heavy atom. The van der Waals surface area contributed by atoms with Crippen molar-refractivity contribution in [2.75, 3.05) is 6.61 Å². The third-order valence-electron chi connectivity index (χ3n) is 2.72. The van der Waals surface area contributed by atoms with E-state index in [-0.39, 0.29) is 0 Å². The van der Waals surface area contributed by atoms with Crippen LogP contribution >= 0.6 is 15.9 Å². The van der Waals surface area contributed by atoms with E-state index in [1.807, 2.05) is 0 Å². The van der Waals surface area contributed by atoms with Crippen molar-refractivity contribution in [3.8, 4) is 0 Å². The van der Waals surface area contributed by atoms with Gasteiger partial charge in [0.05, 0.1) is 6.61 Å². The van der Waals surface area contributed by atoms with Crippen LogP contribution in [0.4, 0.5) is 0 Å². The molecule has 0 heterocycles. The molecule has 1 unspecified atom stereocenters. The molecule has 0 aliphatic rings. The minimum absolute atomic E-state index is 0.565. The Bertz CT molecular complexity index is 314. The van der Waals surface area contributed by atoms with Crippen LogP contribution in [0.15, 0.2) is 22.7 Å². The second-order valence-corrected chi connectivity index (χ2v) is 4.64. The van der Waals surface area contributed by atoms with Crippen molar-refractivity contribution in [1.82, 2.24) is 0 Å². The van der Waals surface area contributed by atoms with Gasteiger partial charge in [0.1, 0.15) is 0 Å². The van der Waals surface area contributed by atoms with Crippen LogP contribution in [0.5, 0.6) is 0 Å². The van der Waals surface area contributed by atoms with E-state index in [1.165, 1.54) is 15.6 Å². The predicted octanol–water partition coefficient (Wildman–Crippen LogP) is 3.40. The summed E-state index contributed by atoms with van der Waals surface area (Å²) in [6.45, 7) is 5.01. The zero-order chi connectivity index (χ0) is 11.3. The average molecular weight is 272 g/mol. The Hall–Kier alpha value is -0.380. The lowest BCUT2D eigenvalue weighted by Gasteiger charge is -2.12. The molecule has 0 aromatic heterocycles. The number of rotatable bonds is 5. The normalized spacial score (nSPS) is 12.8. The molecular formula is C12H18BrNO. The monoisotopic (exact) mass is 271 g/mol. The zero-order valence-corrected chi connectivity index (χ0v) is 10.9. The summed E-state index contributed by atoms with van der Waals surface area (Å²) in [6, 6.07) is 6.48. The van der Waals surface area contributed by atoms with Gasteiger partial charge in [-0.2, -0.15) is 0 Å². The molecule has 0 saturated heterocycles. The Labute approximate surface area is 99.9 Å². The summed E-state index contributed by atoms with van der Waals surface area (Å²) in [4.78, 5) is 4.57. The maximum absolute atomic E-state index is 5.00. The summed E-state index contributed by atoms with van der Waals surface area (Å²) in [7, 11) is 0. The number of nitrogens with two attached hydrogens (primary N) is 1. The van der Waals surface area contributed by atoms with Crippen molar-refractivity contribution in [1.29, 1.82) is 0 Å². The Balaban J connectivity index is 2.78. The summed E-state index contributed by atoms with van der Waals surface area (Å²) >= 11 is 3.61. The highest BCUT2D eigenvalue weighted by Crippen LogP contribution is 2.27. The lowest BCUT2D eigenvalue weighted by atomic mass is 9.97. The first-order valence-corrected chi connectivity index (χ1v) is 6.08. The van der Waals surface area contributed by atoms with Crippen molar-refractivity contribution >= 4 is 15.9 Å². The molecule has 1 rings (SSSR count). The molecule has 0 bridgehead atoms. The maximum atomic E-state index is 5.00. The molecule has 3 heteroatoms. The van der Waals surface area contributed by atoms with E-state index in [2.05, 4.69) is 52.8 Å². The van der Waals surface area contributed by atoms with Gasteiger partial charge < -0.3 is 4.84 Å². The first kappa shape index (κ1) is 12.7. The maximum Gasteiger partial charge on any atom is 0.0719 e. The first-order valence-electron chi connectivity index (χ1n) is 5.29. The Kier molecular flexibility index (Phi) is 5.29. The van der Waals surface area contributed by atoms with Gasteiger partial charge in [-0.3, -0.25) is 0 Å². The molecule has 0 radical (unpaired) electrons. The first-order chi connectivity index (χ1) is 7.19. The molecule has 2 nitrogen and oxygen atoms in total. The topological polar surface area (TPSA) is 35.2 Å². The van der Waals surface area contributed by atoms with Gasteiger partial charge in [0, 0.05) is 4.47 Å². The molecule has 0 aliphatic heterocycles. The highest BCUT2D eigenvalue weighted by atomic mass is 79.9. The van der Waals surface area contributed by atoms with Gasteiger partial charge in [-0.15, -0.1) is 0 Å². The highest BCUT2D eigenvalue weighted by molar-refractivity contribution is 9.10. The van der Waals surface area contributed by atoms with Gasteiger partial charge in [-0.25, -0.2) is 5.90 Å². The second-order valence-electron chi connectivity index (χ2n) is 3.79. The van der Waals surface area contributed by atoms with Crippen LogP contribution in [0, 0.1) is 0 Å². The Morgan fingerprint density at radius 2 is 2.20 bits per heavy atom. The molecule has 1 aromatic carbocycles. The molecule has 0 amide bonds. The van der Waals surface area contributed by atoms with Crippen molar-refractivity contribution in [2.45, 2.75) is 32.6 Å². The number of hydrogen-bond donors (Lipinski definition) is 1. The molecule has 2 N–H and O–H groups in total.